The maximum Gasteiger partial charge on any atom is 0.291 e. The standard InChI is InChI=1S/C28H30N4O2.2ClH/c1-21-18-24(30-28(33)26-10-7-17-34-26)19-25-27(21)32(20-29-25)14-6-5-13-31-15-11-23(12-16-31)22-8-3-2-4-9-22;;/h2-4,7-11,17-20H,5-6,12-16H2,1H3,(H,30,33);2*1H. The number of amides is 1. The highest BCUT2D eigenvalue weighted by Crippen LogP contribution is 2.25. The third-order valence-corrected chi connectivity index (χ3v) is 6.47. The smallest absolute Gasteiger partial charge is 0.291 e. The Hall–Kier alpha value is -3.06. The van der Waals surface area contributed by atoms with E-state index in [9.17, 15) is 4.79 Å². The van der Waals surface area contributed by atoms with Gasteiger partial charge in [-0.25, -0.2) is 4.98 Å². The van der Waals surface area contributed by atoms with Crippen LogP contribution in [0.4, 0.5) is 5.69 Å². The Labute approximate surface area is 224 Å². The number of carbonyl (C=O) groups is 1. The minimum absolute atomic E-state index is 0. The molecule has 4 aromatic rings. The summed E-state index contributed by atoms with van der Waals surface area (Å²) in [6.45, 7) is 6.28. The van der Waals surface area contributed by atoms with Crippen LogP contribution in [0, 0.1) is 6.92 Å². The summed E-state index contributed by atoms with van der Waals surface area (Å²) >= 11 is 0. The number of nitrogens with one attached hydrogen (secondary N) is 1. The second kappa shape index (κ2) is 12.8. The van der Waals surface area contributed by atoms with E-state index >= 15 is 0 Å². The van der Waals surface area contributed by atoms with Crippen molar-refractivity contribution in [3.05, 3.63) is 90.2 Å². The Bertz CT molecular complexity index is 1300. The van der Waals surface area contributed by atoms with E-state index in [0.29, 0.717) is 5.76 Å². The Morgan fingerprint density at radius 1 is 1.06 bits per heavy atom. The lowest BCUT2D eigenvalue weighted by Gasteiger charge is -2.26. The number of aromatic nitrogens is 2. The number of imidazole rings is 1. The van der Waals surface area contributed by atoms with Crippen LogP contribution in [0.1, 0.15) is 40.9 Å². The normalized spacial score (nSPS) is 13.5. The van der Waals surface area contributed by atoms with Crippen molar-refractivity contribution in [2.24, 2.45) is 0 Å². The summed E-state index contributed by atoms with van der Waals surface area (Å²) in [7, 11) is 0. The quantitative estimate of drug-likeness (QED) is 0.262. The molecule has 0 atom stereocenters. The Balaban J connectivity index is 0.00000180. The van der Waals surface area contributed by atoms with E-state index in [-0.39, 0.29) is 30.7 Å². The Morgan fingerprint density at radius 3 is 2.58 bits per heavy atom. The van der Waals surface area contributed by atoms with E-state index in [4.69, 9.17) is 4.42 Å². The highest BCUT2D eigenvalue weighted by Gasteiger charge is 2.14. The molecule has 3 heterocycles. The molecule has 0 unspecified atom stereocenters. The largest absolute Gasteiger partial charge is 0.459 e. The van der Waals surface area contributed by atoms with Crippen LogP contribution in [-0.4, -0.2) is 40.0 Å². The van der Waals surface area contributed by atoms with Gasteiger partial charge < -0.3 is 14.3 Å². The van der Waals surface area contributed by atoms with Crippen molar-refractivity contribution in [2.45, 2.75) is 32.7 Å². The zero-order chi connectivity index (χ0) is 23.3. The van der Waals surface area contributed by atoms with Gasteiger partial charge in [0.1, 0.15) is 0 Å². The van der Waals surface area contributed by atoms with Crippen LogP contribution >= 0.6 is 24.8 Å². The molecular formula is C28H32Cl2N4O2. The first-order valence-electron chi connectivity index (χ1n) is 11.9. The van der Waals surface area contributed by atoms with E-state index in [2.05, 4.69) is 63.1 Å². The maximum absolute atomic E-state index is 12.3. The fourth-order valence-electron chi connectivity index (χ4n) is 4.71. The summed E-state index contributed by atoms with van der Waals surface area (Å²) in [6, 6.07) is 18.0. The summed E-state index contributed by atoms with van der Waals surface area (Å²) in [5.74, 6) is 0.0374. The molecule has 36 heavy (non-hydrogen) atoms. The Morgan fingerprint density at radius 2 is 1.86 bits per heavy atom. The number of halogens is 2. The number of fused-ring (bicyclic) bond motifs is 1. The Kier molecular flexibility index (Phi) is 9.76. The molecule has 0 spiro atoms. The molecule has 1 aliphatic rings. The van der Waals surface area contributed by atoms with Crippen molar-refractivity contribution in [1.29, 1.82) is 0 Å². The summed E-state index contributed by atoms with van der Waals surface area (Å²) in [4.78, 5) is 19.4. The summed E-state index contributed by atoms with van der Waals surface area (Å²) < 4.78 is 7.40. The summed E-state index contributed by atoms with van der Waals surface area (Å²) in [5.41, 5.74) is 6.67. The molecule has 1 aliphatic heterocycles. The lowest BCUT2D eigenvalue weighted by atomic mass is 9.99. The van der Waals surface area contributed by atoms with Gasteiger partial charge in [0.25, 0.3) is 5.91 Å². The zero-order valence-corrected chi connectivity index (χ0v) is 22.0. The first kappa shape index (κ1) is 27.5. The molecule has 8 heteroatoms. The van der Waals surface area contributed by atoms with Gasteiger partial charge in [-0.1, -0.05) is 36.4 Å². The fourth-order valence-corrected chi connectivity index (χ4v) is 4.71. The number of hydrogen-bond donors (Lipinski definition) is 1. The first-order valence-corrected chi connectivity index (χ1v) is 11.9. The molecule has 0 saturated carbocycles. The van der Waals surface area contributed by atoms with E-state index in [1.807, 2.05) is 18.5 Å². The van der Waals surface area contributed by atoms with Gasteiger partial charge in [-0.05, 0) is 73.7 Å². The summed E-state index contributed by atoms with van der Waals surface area (Å²) in [6.07, 6.45) is 9.17. The van der Waals surface area contributed by atoms with E-state index < -0.39 is 0 Å². The number of unbranched alkanes of at least 4 members (excludes halogenated alkanes) is 1. The number of aryl methyl sites for hydroxylation is 2. The fraction of sp³-hybridized carbons (Fsp3) is 0.286. The molecular weight excluding hydrogens is 495 g/mol. The lowest BCUT2D eigenvalue weighted by molar-refractivity contribution is 0.0996. The van der Waals surface area contributed by atoms with Gasteiger partial charge in [-0.15, -0.1) is 24.8 Å². The van der Waals surface area contributed by atoms with Gasteiger partial charge in [0.05, 0.1) is 23.6 Å². The molecule has 6 nitrogen and oxygen atoms in total. The van der Waals surface area contributed by atoms with Crippen LogP contribution in [0.25, 0.3) is 16.6 Å². The van der Waals surface area contributed by atoms with Crippen LogP contribution in [-0.2, 0) is 6.54 Å². The molecule has 5 rings (SSSR count). The number of rotatable bonds is 8. The average molecular weight is 527 g/mol. The van der Waals surface area contributed by atoms with E-state index in [1.54, 1.807) is 12.1 Å². The van der Waals surface area contributed by atoms with Crippen molar-refractivity contribution < 1.29 is 9.21 Å². The van der Waals surface area contributed by atoms with Crippen molar-refractivity contribution in [2.75, 3.05) is 25.0 Å². The molecule has 1 N–H and O–H groups in total. The zero-order valence-electron chi connectivity index (χ0n) is 20.4. The number of hydrogen-bond acceptors (Lipinski definition) is 4. The number of carbonyl (C=O) groups excluding carboxylic acids is 1. The number of furan rings is 1. The second-order valence-corrected chi connectivity index (χ2v) is 8.88. The monoisotopic (exact) mass is 526 g/mol. The van der Waals surface area contributed by atoms with E-state index in [1.165, 1.54) is 17.4 Å². The van der Waals surface area contributed by atoms with Gasteiger partial charge >= 0.3 is 0 Å². The minimum atomic E-state index is -0.258. The molecule has 1 amide bonds. The molecule has 0 bridgehead atoms. The summed E-state index contributed by atoms with van der Waals surface area (Å²) in [5, 5.41) is 2.90. The molecule has 0 fully saturated rings. The van der Waals surface area contributed by atoms with Crippen molar-refractivity contribution in [1.82, 2.24) is 14.5 Å². The van der Waals surface area contributed by atoms with Crippen molar-refractivity contribution >= 4 is 53.0 Å². The predicted octanol–water partition coefficient (Wildman–Crippen LogP) is 6.60. The van der Waals surface area contributed by atoms with Crippen LogP contribution in [0.15, 0.2) is 77.7 Å². The highest BCUT2D eigenvalue weighted by atomic mass is 35.5. The molecule has 2 aromatic heterocycles. The number of anilines is 1. The molecule has 0 aliphatic carbocycles. The van der Waals surface area contributed by atoms with Crippen molar-refractivity contribution in [3.8, 4) is 0 Å². The van der Waals surface area contributed by atoms with Gasteiger partial charge in [0.15, 0.2) is 5.76 Å². The van der Waals surface area contributed by atoms with Gasteiger partial charge in [-0.2, -0.15) is 0 Å². The second-order valence-electron chi connectivity index (χ2n) is 8.88. The molecule has 190 valence electrons. The highest BCUT2D eigenvalue weighted by molar-refractivity contribution is 6.03. The average Bonchev–Trinajstić information content (AvgIpc) is 3.54. The van der Waals surface area contributed by atoms with Crippen molar-refractivity contribution in [3.63, 3.8) is 0 Å². The predicted molar refractivity (Wildman–Crippen MR) is 150 cm³/mol. The van der Waals surface area contributed by atoms with Crippen LogP contribution in [0.2, 0.25) is 0 Å². The SMILES string of the molecule is Cc1cc(NC(=O)c2ccco2)cc2ncn(CCCCN3CC=C(c4ccccc4)CC3)c12.Cl.Cl. The molecule has 2 aromatic carbocycles. The number of benzene rings is 2. The lowest BCUT2D eigenvalue weighted by Crippen LogP contribution is -2.29. The van der Waals surface area contributed by atoms with E-state index in [0.717, 1.165) is 67.7 Å². The van der Waals surface area contributed by atoms with Gasteiger partial charge in [0.2, 0.25) is 0 Å². The van der Waals surface area contributed by atoms with Crippen LogP contribution < -0.4 is 5.32 Å². The van der Waals surface area contributed by atoms with Gasteiger partial charge in [0, 0.05) is 25.3 Å². The maximum atomic E-state index is 12.3. The number of nitrogens with zero attached hydrogens (tertiary/aromatic N) is 3. The van der Waals surface area contributed by atoms with Gasteiger partial charge in [-0.3, -0.25) is 9.69 Å². The minimum Gasteiger partial charge on any atom is -0.459 e. The van der Waals surface area contributed by atoms with Crippen LogP contribution in [0.3, 0.4) is 0 Å². The third-order valence-electron chi connectivity index (χ3n) is 6.47. The molecule has 0 radical (unpaired) electrons. The third kappa shape index (κ3) is 6.38. The first-order chi connectivity index (χ1) is 16.7. The van der Waals surface area contributed by atoms with Crippen LogP contribution in [0.5, 0.6) is 0 Å². The topological polar surface area (TPSA) is 63.3 Å². The molecule has 0 saturated heterocycles.